The van der Waals surface area contributed by atoms with E-state index in [1.807, 2.05) is 31.2 Å². The average Bonchev–Trinajstić information content (AvgIpc) is 2.89. The van der Waals surface area contributed by atoms with Crippen molar-refractivity contribution in [3.05, 3.63) is 35.4 Å². The molecular formula is C14H18N2O3. The largest absolute Gasteiger partial charge is 0.383 e. The van der Waals surface area contributed by atoms with E-state index in [9.17, 15) is 4.79 Å². The summed E-state index contributed by atoms with van der Waals surface area (Å²) in [6, 6.07) is 7.94. The first-order chi connectivity index (χ1) is 9.22. The molecule has 0 unspecified atom stereocenters. The van der Waals surface area contributed by atoms with E-state index in [1.165, 1.54) is 0 Å². The van der Waals surface area contributed by atoms with Gasteiger partial charge in [0.1, 0.15) is 0 Å². The fraction of sp³-hybridized carbons (Fsp3) is 0.429. The number of oxime groups is 1. The highest BCUT2D eigenvalue weighted by atomic mass is 16.6. The number of ether oxygens (including phenoxy) is 1. The molecule has 1 N–H and O–H groups in total. The monoisotopic (exact) mass is 262 g/mol. The third kappa shape index (κ3) is 3.32. The van der Waals surface area contributed by atoms with Crippen LogP contribution in [0, 0.1) is 6.92 Å². The highest BCUT2D eigenvalue weighted by Crippen LogP contribution is 2.19. The quantitative estimate of drug-likeness (QED) is 0.812. The molecule has 2 rings (SSSR count). The zero-order chi connectivity index (χ0) is 13.7. The number of hydrogen-bond acceptors (Lipinski definition) is 4. The fourth-order valence-electron chi connectivity index (χ4n) is 1.96. The minimum Gasteiger partial charge on any atom is -0.383 e. The van der Waals surface area contributed by atoms with Gasteiger partial charge in [-0.25, -0.2) is 0 Å². The Morgan fingerprint density at radius 2 is 2.32 bits per heavy atom. The minimum absolute atomic E-state index is 0.149. The molecule has 0 bridgehead atoms. The second-order valence-electron chi connectivity index (χ2n) is 4.43. The summed E-state index contributed by atoms with van der Waals surface area (Å²) in [4.78, 5) is 17.0. The SMILES string of the molecule is COCCNC(=O)[C@@H]1CC(c2ccccc2C)=NO1. The lowest BCUT2D eigenvalue weighted by Gasteiger charge is -2.09. The van der Waals surface area contributed by atoms with Crippen molar-refractivity contribution in [3.63, 3.8) is 0 Å². The standard InChI is InChI=1S/C14H18N2O3/c1-10-5-3-4-6-11(10)12-9-13(19-16-12)14(17)15-7-8-18-2/h3-6,13H,7-9H2,1-2H3,(H,15,17)/t13-/m0/s1. The van der Waals surface area contributed by atoms with Gasteiger partial charge in [-0.15, -0.1) is 0 Å². The topological polar surface area (TPSA) is 59.9 Å². The van der Waals surface area contributed by atoms with E-state index in [0.29, 0.717) is 19.6 Å². The Hall–Kier alpha value is -1.88. The number of carbonyl (C=O) groups excluding carboxylic acids is 1. The zero-order valence-corrected chi connectivity index (χ0v) is 11.2. The molecule has 0 radical (unpaired) electrons. The molecule has 1 atom stereocenters. The molecule has 102 valence electrons. The number of amides is 1. The number of benzene rings is 1. The minimum atomic E-state index is -0.536. The van der Waals surface area contributed by atoms with Crippen molar-refractivity contribution in [3.8, 4) is 0 Å². The van der Waals surface area contributed by atoms with Gasteiger partial charge in [0, 0.05) is 25.6 Å². The van der Waals surface area contributed by atoms with Crippen molar-refractivity contribution >= 4 is 11.6 Å². The lowest BCUT2D eigenvalue weighted by molar-refractivity contribution is -0.131. The van der Waals surface area contributed by atoms with Crippen molar-refractivity contribution in [2.24, 2.45) is 5.16 Å². The highest BCUT2D eigenvalue weighted by molar-refractivity contribution is 6.04. The van der Waals surface area contributed by atoms with Crippen LogP contribution in [0.4, 0.5) is 0 Å². The number of rotatable bonds is 5. The van der Waals surface area contributed by atoms with Crippen LogP contribution in [0.25, 0.3) is 0 Å². The van der Waals surface area contributed by atoms with Crippen LogP contribution in [0.3, 0.4) is 0 Å². The van der Waals surface area contributed by atoms with Crippen LogP contribution in [-0.2, 0) is 14.4 Å². The summed E-state index contributed by atoms with van der Waals surface area (Å²) in [6.07, 6.45) is -0.0320. The first kappa shape index (κ1) is 13.5. The zero-order valence-electron chi connectivity index (χ0n) is 11.2. The summed E-state index contributed by atoms with van der Waals surface area (Å²) in [5.41, 5.74) is 2.99. The Morgan fingerprint density at radius 3 is 3.05 bits per heavy atom. The third-order valence-electron chi connectivity index (χ3n) is 3.02. The summed E-state index contributed by atoms with van der Waals surface area (Å²) in [7, 11) is 1.59. The molecule has 1 amide bonds. The molecule has 1 heterocycles. The van der Waals surface area contributed by atoms with E-state index in [4.69, 9.17) is 9.57 Å². The normalized spacial score (nSPS) is 17.8. The summed E-state index contributed by atoms with van der Waals surface area (Å²) >= 11 is 0. The molecule has 0 aliphatic carbocycles. The van der Waals surface area contributed by atoms with E-state index in [0.717, 1.165) is 16.8 Å². The van der Waals surface area contributed by atoms with Gasteiger partial charge in [-0.3, -0.25) is 4.79 Å². The van der Waals surface area contributed by atoms with Gasteiger partial charge in [0.05, 0.1) is 12.3 Å². The summed E-state index contributed by atoms with van der Waals surface area (Å²) in [6.45, 7) is 2.99. The van der Waals surface area contributed by atoms with Gasteiger partial charge >= 0.3 is 0 Å². The van der Waals surface area contributed by atoms with E-state index in [1.54, 1.807) is 7.11 Å². The van der Waals surface area contributed by atoms with Gasteiger partial charge in [0.2, 0.25) is 6.10 Å². The first-order valence-corrected chi connectivity index (χ1v) is 6.27. The molecule has 0 saturated heterocycles. The maximum absolute atomic E-state index is 11.8. The van der Waals surface area contributed by atoms with Gasteiger partial charge in [0.25, 0.3) is 5.91 Å². The van der Waals surface area contributed by atoms with Gasteiger partial charge in [-0.2, -0.15) is 0 Å². The van der Waals surface area contributed by atoms with E-state index < -0.39 is 6.10 Å². The molecule has 0 spiro atoms. The molecule has 19 heavy (non-hydrogen) atoms. The number of carbonyl (C=O) groups is 1. The predicted molar refractivity (Wildman–Crippen MR) is 72.1 cm³/mol. The second kappa shape index (κ2) is 6.33. The number of hydrogen-bond donors (Lipinski definition) is 1. The Kier molecular flexibility index (Phi) is 4.52. The van der Waals surface area contributed by atoms with Crippen molar-refractivity contribution in [1.82, 2.24) is 5.32 Å². The Balaban J connectivity index is 1.92. The van der Waals surface area contributed by atoms with Crippen molar-refractivity contribution in [2.45, 2.75) is 19.4 Å². The average molecular weight is 262 g/mol. The number of nitrogens with one attached hydrogen (secondary N) is 1. The molecule has 1 aliphatic heterocycles. The summed E-state index contributed by atoms with van der Waals surface area (Å²) in [5.74, 6) is -0.149. The number of methoxy groups -OCH3 is 1. The van der Waals surface area contributed by atoms with Crippen molar-refractivity contribution < 1.29 is 14.4 Å². The number of aryl methyl sites for hydroxylation is 1. The third-order valence-corrected chi connectivity index (χ3v) is 3.02. The molecular weight excluding hydrogens is 244 g/mol. The molecule has 5 nitrogen and oxygen atoms in total. The Bertz CT molecular complexity index is 485. The van der Waals surface area contributed by atoms with Crippen molar-refractivity contribution in [2.75, 3.05) is 20.3 Å². The molecule has 1 aliphatic rings. The predicted octanol–water partition coefficient (Wildman–Crippen LogP) is 1.25. The second-order valence-corrected chi connectivity index (χ2v) is 4.43. The fourth-order valence-corrected chi connectivity index (χ4v) is 1.96. The Labute approximate surface area is 112 Å². The van der Waals surface area contributed by atoms with Gasteiger partial charge in [-0.1, -0.05) is 29.4 Å². The van der Waals surface area contributed by atoms with Crippen LogP contribution < -0.4 is 5.32 Å². The maximum Gasteiger partial charge on any atom is 0.264 e. The van der Waals surface area contributed by atoms with Gasteiger partial charge in [-0.05, 0) is 12.5 Å². The van der Waals surface area contributed by atoms with Crippen LogP contribution in [0.1, 0.15) is 17.5 Å². The van der Waals surface area contributed by atoms with Gasteiger partial charge < -0.3 is 14.9 Å². The lowest BCUT2D eigenvalue weighted by atomic mass is 10.0. The molecule has 0 aromatic heterocycles. The number of nitrogens with zero attached hydrogens (tertiary/aromatic N) is 1. The van der Waals surface area contributed by atoms with E-state index >= 15 is 0 Å². The molecule has 1 aromatic rings. The lowest BCUT2D eigenvalue weighted by Crippen LogP contribution is -2.36. The Morgan fingerprint density at radius 1 is 1.53 bits per heavy atom. The highest BCUT2D eigenvalue weighted by Gasteiger charge is 2.28. The maximum atomic E-state index is 11.8. The van der Waals surface area contributed by atoms with E-state index in [2.05, 4.69) is 10.5 Å². The molecule has 1 aromatic carbocycles. The first-order valence-electron chi connectivity index (χ1n) is 6.27. The molecule has 0 fully saturated rings. The van der Waals surface area contributed by atoms with Crippen LogP contribution >= 0.6 is 0 Å². The molecule has 0 saturated carbocycles. The van der Waals surface area contributed by atoms with Crippen LogP contribution in [0.15, 0.2) is 29.4 Å². The van der Waals surface area contributed by atoms with Crippen molar-refractivity contribution in [1.29, 1.82) is 0 Å². The molecule has 5 heteroatoms. The summed E-state index contributed by atoms with van der Waals surface area (Å²) in [5, 5.41) is 6.77. The van der Waals surface area contributed by atoms with E-state index in [-0.39, 0.29) is 5.91 Å². The van der Waals surface area contributed by atoms with Crippen LogP contribution in [-0.4, -0.2) is 38.0 Å². The van der Waals surface area contributed by atoms with Crippen LogP contribution in [0.2, 0.25) is 0 Å². The summed E-state index contributed by atoms with van der Waals surface area (Å²) < 4.78 is 4.88. The van der Waals surface area contributed by atoms with Gasteiger partial charge in [0.15, 0.2) is 0 Å². The smallest absolute Gasteiger partial charge is 0.264 e. The van der Waals surface area contributed by atoms with Crippen LogP contribution in [0.5, 0.6) is 0 Å².